The minimum absolute atomic E-state index is 0.0716. The molecule has 2 rings (SSSR count). The first-order chi connectivity index (χ1) is 12.4. The summed E-state index contributed by atoms with van der Waals surface area (Å²) in [4.78, 5) is 24.1. The van der Waals surface area contributed by atoms with Gasteiger partial charge in [0.05, 0.1) is 11.6 Å². The molecule has 5 nitrogen and oxygen atoms in total. The van der Waals surface area contributed by atoms with Gasteiger partial charge in [0.2, 0.25) is 0 Å². The number of nitriles is 1. The first kappa shape index (κ1) is 19.2. The van der Waals surface area contributed by atoms with Crippen LogP contribution >= 0.6 is 0 Å². The Balaban J connectivity index is 1.94. The van der Waals surface area contributed by atoms with Crippen LogP contribution < -0.4 is 5.32 Å². The van der Waals surface area contributed by atoms with Gasteiger partial charge in [0, 0.05) is 0 Å². The molecule has 0 bridgehead atoms. The highest BCUT2D eigenvalue weighted by atomic mass is 16.5. The zero-order valence-electron chi connectivity index (χ0n) is 15.2. The lowest BCUT2D eigenvalue weighted by atomic mass is 9.90. The van der Waals surface area contributed by atoms with Crippen LogP contribution in [-0.4, -0.2) is 24.0 Å². The topological polar surface area (TPSA) is 79.2 Å². The summed E-state index contributed by atoms with van der Waals surface area (Å²) in [5, 5.41) is 11.8. The number of carbonyl (C=O) groups is 2. The molecule has 0 saturated carbocycles. The smallest absolute Gasteiger partial charge is 0.338 e. The third-order valence-electron chi connectivity index (χ3n) is 4.35. The number of benzene rings is 2. The van der Waals surface area contributed by atoms with Crippen LogP contribution in [0.3, 0.4) is 0 Å². The maximum Gasteiger partial charge on any atom is 0.338 e. The fourth-order valence-electron chi connectivity index (χ4n) is 2.27. The predicted molar refractivity (Wildman–Crippen MR) is 99.2 cm³/mol. The third kappa shape index (κ3) is 4.70. The monoisotopic (exact) mass is 350 g/mol. The number of hydrogen-bond acceptors (Lipinski definition) is 4. The van der Waals surface area contributed by atoms with Gasteiger partial charge in [0.1, 0.15) is 5.54 Å². The van der Waals surface area contributed by atoms with Crippen molar-refractivity contribution in [3.63, 3.8) is 0 Å². The van der Waals surface area contributed by atoms with Crippen LogP contribution in [-0.2, 0) is 9.53 Å². The molecule has 1 atom stereocenters. The summed E-state index contributed by atoms with van der Waals surface area (Å²) in [7, 11) is 0. The summed E-state index contributed by atoms with van der Waals surface area (Å²) in [5.41, 5.74) is 1.41. The average Bonchev–Trinajstić information content (AvgIpc) is 2.66. The van der Waals surface area contributed by atoms with Gasteiger partial charge in [-0.3, -0.25) is 4.79 Å². The Morgan fingerprint density at radius 1 is 1.08 bits per heavy atom. The van der Waals surface area contributed by atoms with Crippen LogP contribution in [0.1, 0.15) is 31.1 Å². The van der Waals surface area contributed by atoms with Gasteiger partial charge in [-0.25, -0.2) is 4.79 Å². The van der Waals surface area contributed by atoms with Crippen molar-refractivity contribution in [3.05, 3.63) is 60.2 Å². The number of esters is 1. The van der Waals surface area contributed by atoms with Gasteiger partial charge < -0.3 is 10.1 Å². The molecule has 0 spiro atoms. The molecule has 2 aromatic rings. The molecule has 0 heterocycles. The lowest BCUT2D eigenvalue weighted by molar-refractivity contribution is -0.125. The molecule has 5 heteroatoms. The second-order valence-electron chi connectivity index (χ2n) is 6.54. The summed E-state index contributed by atoms with van der Waals surface area (Å²) >= 11 is 0. The number of nitrogens with one attached hydrogen (secondary N) is 1. The van der Waals surface area contributed by atoms with Gasteiger partial charge >= 0.3 is 5.97 Å². The molecule has 0 radical (unpaired) electrons. The molecular formula is C21H22N2O3. The van der Waals surface area contributed by atoms with Crippen molar-refractivity contribution in [2.24, 2.45) is 5.92 Å². The molecular weight excluding hydrogens is 328 g/mol. The second-order valence-corrected chi connectivity index (χ2v) is 6.54. The molecule has 2 aromatic carbocycles. The number of rotatable bonds is 6. The summed E-state index contributed by atoms with van der Waals surface area (Å²) < 4.78 is 5.05. The van der Waals surface area contributed by atoms with E-state index in [1.165, 1.54) is 0 Å². The standard InChI is InChI=1S/C21H22N2O3/c1-15(2)21(3,14-22)23-19(24)13-26-20(25)18-11-9-17(10-12-18)16-7-5-4-6-8-16/h4-12,15H,13H2,1-3H3,(H,23,24). The van der Waals surface area contributed by atoms with E-state index < -0.39 is 24.0 Å². The normalized spacial score (nSPS) is 12.7. The lowest BCUT2D eigenvalue weighted by Crippen LogP contribution is -2.50. The molecule has 0 fully saturated rings. The van der Waals surface area contributed by atoms with Gasteiger partial charge in [-0.15, -0.1) is 0 Å². The van der Waals surface area contributed by atoms with E-state index in [1.807, 2.05) is 56.3 Å². The molecule has 0 aliphatic carbocycles. The van der Waals surface area contributed by atoms with Crippen molar-refractivity contribution in [3.8, 4) is 17.2 Å². The van der Waals surface area contributed by atoms with Crippen LogP contribution in [0, 0.1) is 17.2 Å². The van der Waals surface area contributed by atoms with Gasteiger partial charge in [-0.05, 0) is 36.1 Å². The fraction of sp³-hybridized carbons (Fsp3) is 0.286. The zero-order valence-corrected chi connectivity index (χ0v) is 15.2. The molecule has 0 saturated heterocycles. The highest BCUT2D eigenvalue weighted by molar-refractivity contribution is 5.92. The minimum Gasteiger partial charge on any atom is -0.452 e. The van der Waals surface area contributed by atoms with Crippen LogP contribution in [0.25, 0.3) is 11.1 Å². The number of carbonyl (C=O) groups excluding carboxylic acids is 2. The fourth-order valence-corrected chi connectivity index (χ4v) is 2.27. The van der Waals surface area contributed by atoms with Crippen molar-refractivity contribution in [1.82, 2.24) is 5.32 Å². The maximum atomic E-state index is 12.1. The third-order valence-corrected chi connectivity index (χ3v) is 4.35. The number of hydrogen-bond donors (Lipinski definition) is 1. The molecule has 0 aromatic heterocycles. The first-order valence-corrected chi connectivity index (χ1v) is 8.40. The van der Waals surface area contributed by atoms with Crippen molar-refractivity contribution < 1.29 is 14.3 Å². The van der Waals surface area contributed by atoms with E-state index in [1.54, 1.807) is 19.1 Å². The Bertz CT molecular complexity index is 807. The Morgan fingerprint density at radius 2 is 1.65 bits per heavy atom. The summed E-state index contributed by atoms with van der Waals surface area (Å²) in [6.07, 6.45) is 0. The van der Waals surface area contributed by atoms with Gasteiger partial charge in [-0.1, -0.05) is 56.3 Å². The molecule has 0 aliphatic rings. The number of nitrogens with zero attached hydrogens (tertiary/aromatic N) is 1. The number of amides is 1. The highest BCUT2D eigenvalue weighted by Gasteiger charge is 2.30. The number of ether oxygens (including phenoxy) is 1. The minimum atomic E-state index is -0.999. The van der Waals surface area contributed by atoms with Crippen molar-refractivity contribution in [1.29, 1.82) is 5.26 Å². The Kier molecular flexibility index (Phi) is 6.13. The van der Waals surface area contributed by atoms with Gasteiger partial charge in [0.15, 0.2) is 6.61 Å². The van der Waals surface area contributed by atoms with Crippen LogP contribution in [0.4, 0.5) is 0 Å². The van der Waals surface area contributed by atoms with E-state index in [-0.39, 0.29) is 5.92 Å². The highest BCUT2D eigenvalue weighted by Crippen LogP contribution is 2.19. The first-order valence-electron chi connectivity index (χ1n) is 8.40. The molecule has 1 unspecified atom stereocenters. The van der Waals surface area contributed by atoms with Gasteiger partial charge in [-0.2, -0.15) is 5.26 Å². The van der Waals surface area contributed by atoms with E-state index in [2.05, 4.69) is 11.4 Å². The molecule has 134 valence electrons. The zero-order chi connectivity index (χ0) is 19.2. The summed E-state index contributed by atoms with van der Waals surface area (Å²) in [5.74, 6) is -1.15. The molecule has 1 N–H and O–H groups in total. The Morgan fingerprint density at radius 3 is 2.19 bits per heavy atom. The second kappa shape index (κ2) is 8.30. The largest absolute Gasteiger partial charge is 0.452 e. The average molecular weight is 350 g/mol. The van der Waals surface area contributed by atoms with Crippen LogP contribution in [0.15, 0.2) is 54.6 Å². The van der Waals surface area contributed by atoms with E-state index in [0.717, 1.165) is 11.1 Å². The molecule has 1 amide bonds. The summed E-state index contributed by atoms with van der Waals surface area (Å²) in [6, 6.07) is 18.9. The maximum absolute atomic E-state index is 12.1. The lowest BCUT2D eigenvalue weighted by Gasteiger charge is -2.27. The van der Waals surface area contributed by atoms with Gasteiger partial charge in [0.25, 0.3) is 5.91 Å². The summed E-state index contributed by atoms with van der Waals surface area (Å²) in [6.45, 7) is 4.89. The van der Waals surface area contributed by atoms with E-state index >= 15 is 0 Å². The predicted octanol–water partition coefficient (Wildman–Crippen LogP) is 3.56. The Labute approximate surface area is 153 Å². The van der Waals surface area contributed by atoms with Crippen LogP contribution in [0.2, 0.25) is 0 Å². The van der Waals surface area contributed by atoms with E-state index in [9.17, 15) is 14.9 Å². The van der Waals surface area contributed by atoms with Crippen molar-refractivity contribution in [2.75, 3.05) is 6.61 Å². The van der Waals surface area contributed by atoms with Crippen LogP contribution in [0.5, 0.6) is 0 Å². The van der Waals surface area contributed by atoms with E-state index in [4.69, 9.17) is 4.74 Å². The Hall–Kier alpha value is -3.13. The van der Waals surface area contributed by atoms with Crippen molar-refractivity contribution in [2.45, 2.75) is 26.3 Å². The van der Waals surface area contributed by atoms with E-state index in [0.29, 0.717) is 5.56 Å². The quantitative estimate of drug-likeness (QED) is 0.808. The van der Waals surface area contributed by atoms with Crippen molar-refractivity contribution >= 4 is 11.9 Å². The molecule has 26 heavy (non-hydrogen) atoms. The molecule has 0 aliphatic heterocycles. The SMILES string of the molecule is CC(C)C(C)(C#N)NC(=O)COC(=O)c1ccc(-c2ccccc2)cc1.